The Morgan fingerprint density at radius 1 is 1.20 bits per heavy atom. The molecule has 2 aliphatic rings. The molecule has 2 rings (SSSR count). The summed E-state index contributed by atoms with van der Waals surface area (Å²) in [6.45, 7) is 0. The molecule has 0 aromatic heterocycles. The van der Waals surface area contributed by atoms with E-state index in [2.05, 4.69) is 4.74 Å². The Labute approximate surface area is 95.6 Å². The van der Waals surface area contributed by atoms with Gasteiger partial charge in [0.25, 0.3) is 0 Å². The third-order valence-electron chi connectivity index (χ3n) is 3.57. The molecule has 2 unspecified atom stereocenters. The Bertz CT molecular complexity index is 280. The molecule has 0 saturated heterocycles. The van der Waals surface area contributed by atoms with Crippen molar-refractivity contribution in [3.05, 3.63) is 10.6 Å². The first-order valence-electron chi connectivity index (χ1n) is 5.73. The largest absolute Gasteiger partial charge is 0.465 e. The van der Waals surface area contributed by atoms with Gasteiger partial charge in [0.05, 0.1) is 7.11 Å². The molecule has 0 N–H and O–H groups in total. The molecule has 15 heavy (non-hydrogen) atoms. The van der Waals surface area contributed by atoms with Crippen LogP contribution < -0.4 is 0 Å². The number of esters is 1. The van der Waals surface area contributed by atoms with Crippen molar-refractivity contribution in [3.63, 3.8) is 0 Å². The zero-order valence-electron chi connectivity index (χ0n) is 9.09. The van der Waals surface area contributed by atoms with Crippen LogP contribution in [0.15, 0.2) is 10.6 Å². The van der Waals surface area contributed by atoms with Crippen molar-refractivity contribution in [3.8, 4) is 0 Å². The minimum atomic E-state index is -0.363. The van der Waals surface area contributed by atoms with Gasteiger partial charge in [-0.1, -0.05) is 37.3 Å². The molecule has 2 saturated carbocycles. The molecule has 0 aromatic rings. The summed E-state index contributed by atoms with van der Waals surface area (Å²) >= 11 is 6.02. The van der Waals surface area contributed by atoms with E-state index in [9.17, 15) is 4.79 Å². The molecule has 0 heterocycles. The van der Waals surface area contributed by atoms with E-state index in [4.69, 9.17) is 11.6 Å². The quantitative estimate of drug-likeness (QED) is 0.509. The van der Waals surface area contributed by atoms with E-state index in [0.717, 1.165) is 0 Å². The van der Waals surface area contributed by atoms with E-state index in [1.807, 2.05) is 0 Å². The van der Waals surface area contributed by atoms with Gasteiger partial charge in [-0.15, -0.1) is 0 Å². The molecule has 84 valence electrons. The summed E-state index contributed by atoms with van der Waals surface area (Å²) in [5, 5.41) is 0.356. The van der Waals surface area contributed by atoms with Gasteiger partial charge in [-0.05, 0) is 30.3 Å². The normalized spacial score (nSPS) is 29.9. The number of hydrogen-bond donors (Lipinski definition) is 0. The predicted octanol–water partition coefficient (Wildman–Crippen LogP) is 3.25. The van der Waals surface area contributed by atoms with Crippen LogP contribution in [0, 0.1) is 11.8 Å². The highest BCUT2D eigenvalue weighted by Gasteiger charge is 2.46. The lowest BCUT2D eigenvalue weighted by Gasteiger charge is -2.04. The summed E-state index contributed by atoms with van der Waals surface area (Å²) in [7, 11) is 1.38. The summed E-state index contributed by atoms with van der Waals surface area (Å²) in [6.07, 6.45) is 7.60. The zero-order valence-corrected chi connectivity index (χ0v) is 9.85. The second-order valence-electron chi connectivity index (χ2n) is 4.47. The van der Waals surface area contributed by atoms with Gasteiger partial charge in [0.15, 0.2) is 0 Å². The van der Waals surface area contributed by atoms with Crippen molar-refractivity contribution < 1.29 is 9.53 Å². The number of halogens is 1. The number of rotatable bonds is 1. The molecular formula is C12H17ClO2. The fourth-order valence-corrected chi connectivity index (χ4v) is 3.06. The lowest BCUT2D eigenvalue weighted by Crippen LogP contribution is -1.99. The van der Waals surface area contributed by atoms with Crippen LogP contribution in [0.1, 0.15) is 38.5 Å². The van der Waals surface area contributed by atoms with Gasteiger partial charge < -0.3 is 4.74 Å². The number of allylic oxidation sites excluding steroid dienone is 1. The van der Waals surface area contributed by atoms with Crippen molar-refractivity contribution in [1.29, 1.82) is 0 Å². The lowest BCUT2D eigenvalue weighted by atomic mass is 10.0. The molecule has 0 aliphatic heterocycles. The topological polar surface area (TPSA) is 26.3 Å². The van der Waals surface area contributed by atoms with Gasteiger partial charge in [0, 0.05) is 0 Å². The second-order valence-corrected chi connectivity index (χ2v) is 4.84. The Hall–Kier alpha value is -0.500. The van der Waals surface area contributed by atoms with Crippen LogP contribution in [-0.4, -0.2) is 13.1 Å². The number of fused-ring (bicyclic) bond motifs is 1. The average molecular weight is 229 g/mol. The molecular weight excluding hydrogens is 212 g/mol. The molecule has 2 aliphatic carbocycles. The second kappa shape index (κ2) is 4.56. The highest BCUT2D eigenvalue weighted by atomic mass is 35.5. The van der Waals surface area contributed by atoms with E-state index >= 15 is 0 Å². The number of hydrogen-bond acceptors (Lipinski definition) is 2. The van der Waals surface area contributed by atoms with Crippen LogP contribution in [0.4, 0.5) is 0 Å². The van der Waals surface area contributed by atoms with Crippen LogP contribution in [0.25, 0.3) is 0 Å². The first-order chi connectivity index (χ1) is 7.25. The molecule has 0 amide bonds. The Morgan fingerprint density at radius 3 is 2.20 bits per heavy atom. The summed E-state index contributed by atoms with van der Waals surface area (Å²) < 4.78 is 4.65. The van der Waals surface area contributed by atoms with Crippen LogP contribution in [0.3, 0.4) is 0 Å². The maximum Gasteiger partial charge on any atom is 0.349 e. The molecule has 2 nitrogen and oxygen atoms in total. The first-order valence-corrected chi connectivity index (χ1v) is 6.11. The number of methoxy groups -OCH3 is 1. The minimum absolute atomic E-state index is 0.356. The smallest absolute Gasteiger partial charge is 0.349 e. The number of ether oxygens (including phenoxy) is 1. The Balaban J connectivity index is 2.08. The summed E-state index contributed by atoms with van der Waals surface area (Å²) in [5.41, 5.74) is 1.17. The molecule has 2 atom stereocenters. The van der Waals surface area contributed by atoms with E-state index in [0.29, 0.717) is 16.9 Å². The number of carbonyl (C=O) groups excluding carboxylic acids is 1. The van der Waals surface area contributed by atoms with Gasteiger partial charge in [-0.2, -0.15) is 0 Å². The summed E-state index contributed by atoms with van der Waals surface area (Å²) in [4.78, 5) is 11.3. The SMILES string of the molecule is COC(=O)C(Cl)=C1C2CCCCCCC12. The van der Waals surface area contributed by atoms with E-state index in [1.54, 1.807) is 0 Å². The lowest BCUT2D eigenvalue weighted by molar-refractivity contribution is -0.135. The summed E-state index contributed by atoms with van der Waals surface area (Å²) in [6, 6.07) is 0. The van der Waals surface area contributed by atoms with Gasteiger partial charge in [-0.25, -0.2) is 4.79 Å². The van der Waals surface area contributed by atoms with Gasteiger partial charge >= 0.3 is 5.97 Å². The van der Waals surface area contributed by atoms with E-state index in [-0.39, 0.29) is 5.97 Å². The van der Waals surface area contributed by atoms with Crippen LogP contribution in [-0.2, 0) is 9.53 Å². The summed E-state index contributed by atoms with van der Waals surface area (Å²) in [5.74, 6) is 0.798. The van der Waals surface area contributed by atoms with Crippen molar-refractivity contribution in [1.82, 2.24) is 0 Å². The molecule has 0 bridgehead atoms. The Kier molecular flexibility index (Phi) is 3.35. The monoisotopic (exact) mass is 228 g/mol. The van der Waals surface area contributed by atoms with Crippen molar-refractivity contribution in [2.45, 2.75) is 38.5 Å². The maximum absolute atomic E-state index is 11.3. The van der Waals surface area contributed by atoms with Crippen molar-refractivity contribution in [2.24, 2.45) is 11.8 Å². The average Bonchev–Trinajstić information content (AvgIpc) is 2.87. The fraction of sp³-hybridized carbons (Fsp3) is 0.750. The van der Waals surface area contributed by atoms with Gasteiger partial charge in [-0.3, -0.25) is 0 Å². The van der Waals surface area contributed by atoms with E-state index in [1.165, 1.54) is 51.2 Å². The fourth-order valence-electron chi connectivity index (χ4n) is 2.71. The number of carbonyl (C=O) groups is 1. The standard InChI is InChI=1S/C12H17ClO2/c1-15-12(14)11(13)10-8-6-4-2-3-5-7-9(8)10/h8-9H,2-7H2,1H3. The third kappa shape index (κ3) is 2.20. The van der Waals surface area contributed by atoms with Crippen LogP contribution in [0.2, 0.25) is 0 Å². The molecule has 3 heteroatoms. The zero-order chi connectivity index (χ0) is 10.8. The van der Waals surface area contributed by atoms with Crippen LogP contribution >= 0.6 is 11.6 Å². The first kappa shape index (κ1) is 11.0. The third-order valence-corrected chi connectivity index (χ3v) is 3.95. The Morgan fingerprint density at radius 2 is 1.73 bits per heavy atom. The predicted molar refractivity (Wildman–Crippen MR) is 59.6 cm³/mol. The molecule has 2 fully saturated rings. The highest BCUT2D eigenvalue weighted by molar-refractivity contribution is 6.42. The highest BCUT2D eigenvalue weighted by Crippen LogP contribution is 2.55. The van der Waals surface area contributed by atoms with Crippen molar-refractivity contribution in [2.75, 3.05) is 7.11 Å². The van der Waals surface area contributed by atoms with Crippen molar-refractivity contribution >= 4 is 17.6 Å². The molecule has 0 radical (unpaired) electrons. The van der Waals surface area contributed by atoms with Gasteiger partial charge in [0.1, 0.15) is 5.03 Å². The molecule has 0 aromatic carbocycles. The van der Waals surface area contributed by atoms with Crippen LogP contribution in [0.5, 0.6) is 0 Å². The minimum Gasteiger partial charge on any atom is -0.465 e. The van der Waals surface area contributed by atoms with E-state index < -0.39 is 0 Å². The molecule has 0 spiro atoms. The van der Waals surface area contributed by atoms with Gasteiger partial charge in [0.2, 0.25) is 0 Å². The maximum atomic E-state index is 11.3.